The second-order valence-corrected chi connectivity index (χ2v) is 5.98. The molecule has 0 bridgehead atoms. The van der Waals surface area contributed by atoms with Gasteiger partial charge in [-0.1, -0.05) is 0 Å². The van der Waals surface area contributed by atoms with Gasteiger partial charge in [-0.3, -0.25) is 0 Å². The number of hydrogen-bond acceptors (Lipinski definition) is 3. The molecule has 0 radical (unpaired) electrons. The van der Waals surface area contributed by atoms with Crippen LogP contribution < -0.4 is 0 Å². The Morgan fingerprint density at radius 3 is 2.47 bits per heavy atom. The second-order valence-electron chi connectivity index (χ2n) is 3.66. The third-order valence-corrected chi connectivity index (χ3v) is 4.47. The predicted octanol–water partition coefficient (Wildman–Crippen LogP) is 1.84. The van der Waals surface area contributed by atoms with Gasteiger partial charge >= 0.3 is 0 Å². The Balaban J connectivity index is 3.07. The molecule has 1 aromatic rings. The van der Waals surface area contributed by atoms with Crippen LogP contribution in [0.3, 0.4) is 0 Å². The monoisotopic (exact) mass is 313 g/mol. The molecule has 0 amide bonds. The van der Waals surface area contributed by atoms with Crippen molar-refractivity contribution >= 4 is 21.6 Å². The Bertz CT molecular complexity index is 525. The van der Waals surface area contributed by atoms with Gasteiger partial charge in [0.1, 0.15) is 0 Å². The zero-order valence-electron chi connectivity index (χ0n) is 10.3. The summed E-state index contributed by atoms with van der Waals surface area (Å²) in [4.78, 5) is -0.312. The third-order valence-electron chi connectivity index (χ3n) is 2.41. The van der Waals surface area contributed by atoms with E-state index in [0.29, 0.717) is 6.07 Å². The number of hydrogen-bond donors (Lipinski definition) is 0. The van der Waals surface area contributed by atoms with E-state index in [9.17, 15) is 17.2 Å². The molecular formula is C11H14ClF2NO3S. The first-order valence-electron chi connectivity index (χ1n) is 5.43. The summed E-state index contributed by atoms with van der Waals surface area (Å²) in [6.45, 7) is 0.330. The lowest BCUT2D eigenvalue weighted by Crippen LogP contribution is -2.35. The molecule has 0 heterocycles. The van der Waals surface area contributed by atoms with Gasteiger partial charge in [0.15, 0.2) is 11.6 Å². The fourth-order valence-electron chi connectivity index (χ4n) is 1.43. The summed E-state index contributed by atoms with van der Waals surface area (Å²) in [6, 6.07) is 2.44. The van der Waals surface area contributed by atoms with Gasteiger partial charge in [-0.2, -0.15) is 4.31 Å². The first-order chi connectivity index (χ1) is 8.93. The lowest BCUT2D eigenvalue weighted by atomic mass is 10.3. The van der Waals surface area contributed by atoms with Gasteiger partial charge in [-0.15, -0.1) is 11.6 Å². The van der Waals surface area contributed by atoms with Crippen LogP contribution in [0.5, 0.6) is 0 Å². The minimum absolute atomic E-state index is 0.0618. The number of sulfonamides is 1. The molecule has 0 aliphatic carbocycles. The quantitative estimate of drug-likeness (QED) is 0.722. The zero-order chi connectivity index (χ0) is 14.5. The Hall–Kier alpha value is -0.760. The molecule has 0 N–H and O–H groups in total. The standard InChI is InChI=1S/C11H14ClF2NO3S/c1-18-7-6-15(5-4-12)19(16,17)9-2-3-10(13)11(14)8-9/h2-3,8H,4-7H2,1H3. The molecule has 0 aliphatic heterocycles. The number of nitrogens with zero attached hydrogens (tertiary/aromatic N) is 1. The zero-order valence-corrected chi connectivity index (χ0v) is 11.8. The van der Waals surface area contributed by atoms with Gasteiger partial charge in [0.2, 0.25) is 10.0 Å². The maximum atomic E-state index is 13.1. The van der Waals surface area contributed by atoms with E-state index in [2.05, 4.69) is 0 Å². The summed E-state index contributed by atoms with van der Waals surface area (Å²) in [5.41, 5.74) is 0. The molecule has 4 nitrogen and oxygen atoms in total. The molecule has 8 heteroatoms. The van der Waals surface area contributed by atoms with Crippen molar-refractivity contribution in [3.05, 3.63) is 29.8 Å². The van der Waals surface area contributed by atoms with Crippen LogP contribution in [-0.2, 0) is 14.8 Å². The van der Waals surface area contributed by atoms with E-state index >= 15 is 0 Å². The number of methoxy groups -OCH3 is 1. The summed E-state index contributed by atoms with van der Waals surface area (Å²) in [5.74, 6) is -2.22. The van der Waals surface area contributed by atoms with Crippen LogP contribution in [0.1, 0.15) is 0 Å². The van der Waals surface area contributed by atoms with Crippen molar-refractivity contribution in [1.29, 1.82) is 0 Å². The Morgan fingerprint density at radius 1 is 1.26 bits per heavy atom. The summed E-state index contributed by atoms with van der Waals surface area (Å²) >= 11 is 5.54. The fraction of sp³-hybridized carbons (Fsp3) is 0.455. The summed E-state index contributed by atoms with van der Waals surface area (Å²) in [5, 5.41) is 0. The lowest BCUT2D eigenvalue weighted by molar-refractivity contribution is 0.180. The van der Waals surface area contributed by atoms with E-state index in [1.54, 1.807) is 0 Å². The summed E-state index contributed by atoms with van der Waals surface area (Å²) in [6.07, 6.45) is 0. The molecule has 0 fully saturated rings. The Labute approximate surface area is 116 Å². The van der Waals surface area contributed by atoms with Crippen molar-refractivity contribution in [2.75, 3.05) is 32.7 Å². The molecule has 0 aliphatic rings. The van der Waals surface area contributed by atoms with E-state index in [1.165, 1.54) is 7.11 Å². The van der Waals surface area contributed by atoms with E-state index in [1.807, 2.05) is 0 Å². The van der Waals surface area contributed by atoms with Crippen molar-refractivity contribution in [1.82, 2.24) is 4.31 Å². The second kappa shape index (κ2) is 7.14. The third kappa shape index (κ3) is 4.10. The summed E-state index contributed by atoms with van der Waals surface area (Å²) < 4.78 is 56.2. The van der Waals surface area contributed by atoms with Gasteiger partial charge in [-0.05, 0) is 18.2 Å². The fourth-order valence-corrected chi connectivity index (χ4v) is 3.17. The SMILES string of the molecule is COCCN(CCCl)S(=O)(=O)c1ccc(F)c(F)c1. The molecule has 0 unspecified atom stereocenters. The van der Waals surface area contributed by atoms with Gasteiger partial charge in [0.25, 0.3) is 0 Å². The first-order valence-corrected chi connectivity index (χ1v) is 7.41. The molecule has 19 heavy (non-hydrogen) atoms. The number of halogens is 3. The van der Waals surface area contributed by atoms with Gasteiger partial charge in [0.05, 0.1) is 11.5 Å². The van der Waals surface area contributed by atoms with E-state index in [0.717, 1.165) is 16.4 Å². The number of alkyl halides is 1. The average molecular weight is 314 g/mol. The molecule has 0 saturated carbocycles. The summed E-state index contributed by atoms with van der Waals surface area (Å²) in [7, 11) is -2.48. The molecule has 0 aromatic heterocycles. The van der Waals surface area contributed by atoms with Crippen LogP contribution in [0.2, 0.25) is 0 Å². The van der Waals surface area contributed by atoms with Gasteiger partial charge in [0, 0.05) is 26.1 Å². The van der Waals surface area contributed by atoms with Crippen LogP contribution in [0.15, 0.2) is 23.1 Å². The lowest BCUT2D eigenvalue weighted by Gasteiger charge is -2.20. The van der Waals surface area contributed by atoms with Gasteiger partial charge in [-0.25, -0.2) is 17.2 Å². The molecule has 0 saturated heterocycles. The average Bonchev–Trinajstić information content (AvgIpc) is 2.37. The van der Waals surface area contributed by atoms with Crippen molar-refractivity contribution in [3.8, 4) is 0 Å². The van der Waals surface area contributed by atoms with E-state index < -0.39 is 21.7 Å². The molecule has 0 spiro atoms. The minimum atomic E-state index is -3.91. The normalized spacial score (nSPS) is 12.1. The van der Waals surface area contributed by atoms with Crippen molar-refractivity contribution in [3.63, 3.8) is 0 Å². The maximum absolute atomic E-state index is 13.1. The molecule has 0 atom stereocenters. The molecule has 1 rings (SSSR count). The smallest absolute Gasteiger partial charge is 0.243 e. The Morgan fingerprint density at radius 2 is 1.95 bits per heavy atom. The van der Waals surface area contributed by atoms with Crippen LogP contribution >= 0.6 is 11.6 Å². The largest absolute Gasteiger partial charge is 0.383 e. The number of ether oxygens (including phenoxy) is 1. The molecular weight excluding hydrogens is 300 g/mol. The van der Waals surface area contributed by atoms with Crippen LogP contribution in [0.25, 0.3) is 0 Å². The number of rotatable bonds is 7. The topological polar surface area (TPSA) is 46.6 Å². The van der Waals surface area contributed by atoms with Crippen molar-refractivity contribution in [2.45, 2.75) is 4.90 Å². The minimum Gasteiger partial charge on any atom is -0.383 e. The van der Waals surface area contributed by atoms with E-state index in [-0.39, 0.29) is 30.5 Å². The van der Waals surface area contributed by atoms with Crippen LogP contribution in [-0.4, -0.2) is 45.4 Å². The van der Waals surface area contributed by atoms with E-state index in [4.69, 9.17) is 16.3 Å². The van der Waals surface area contributed by atoms with Crippen molar-refractivity contribution < 1.29 is 21.9 Å². The van der Waals surface area contributed by atoms with Gasteiger partial charge < -0.3 is 4.74 Å². The highest BCUT2D eigenvalue weighted by Gasteiger charge is 2.24. The maximum Gasteiger partial charge on any atom is 0.243 e. The van der Waals surface area contributed by atoms with Crippen LogP contribution in [0, 0.1) is 11.6 Å². The highest BCUT2D eigenvalue weighted by atomic mass is 35.5. The van der Waals surface area contributed by atoms with Crippen LogP contribution in [0.4, 0.5) is 8.78 Å². The highest BCUT2D eigenvalue weighted by molar-refractivity contribution is 7.89. The number of benzene rings is 1. The predicted molar refractivity (Wildman–Crippen MR) is 67.7 cm³/mol. The Kier molecular flexibility index (Phi) is 6.12. The first kappa shape index (κ1) is 16.3. The highest BCUT2D eigenvalue weighted by Crippen LogP contribution is 2.18. The molecule has 1 aromatic carbocycles. The van der Waals surface area contributed by atoms with Crippen molar-refractivity contribution in [2.24, 2.45) is 0 Å². The molecule has 108 valence electrons.